The molecule has 0 saturated heterocycles. The molecule has 0 fully saturated rings. The molecule has 0 aliphatic rings. The molecule has 1 N–H and O–H groups in total. The topological polar surface area (TPSA) is 17.0 Å². The van der Waals surface area contributed by atoms with Gasteiger partial charge in [-0.25, -0.2) is 4.39 Å². The van der Waals surface area contributed by atoms with Crippen molar-refractivity contribution in [3.63, 3.8) is 0 Å². The molecule has 0 aliphatic heterocycles. The van der Waals surface area contributed by atoms with Crippen LogP contribution in [0.5, 0.6) is 0 Å². The van der Waals surface area contributed by atoms with Gasteiger partial charge in [0, 0.05) is 35.0 Å². The maximum Gasteiger partial charge on any atom is 0.129 e. The summed E-state index contributed by atoms with van der Waals surface area (Å²) in [7, 11) is 0. The maximum absolute atomic E-state index is 13.8. The van der Waals surface area contributed by atoms with Gasteiger partial charge in [0.15, 0.2) is 0 Å². The predicted molar refractivity (Wildman–Crippen MR) is 84.3 cm³/mol. The number of rotatable bonds is 6. The van der Waals surface area contributed by atoms with Gasteiger partial charge < -0.3 is 9.88 Å². The van der Waals surface area contributed by atoms with Crippen molar-refractivity contribution >= 4 is 15.9 Å². The minimum atomic E-state index is -0.174. The SMILES string of the molecule is CCCNC(C)c1ccn(Cc2ccc(Br)cc2F)c1. The first-order valence-electron chi connectivity index (χ1n) is 6.93. The van der Waals surface area contributed by atoms with Crippen LogP contribution in [0.15, 0.2) is 41.1 Å². The van der Waals surface area contributed by atoms with E-state index in [0.29, 0.717) is 18.2 Å². The number of aromatic nitrogens is 1. The molecule has 0 spiro atoms. The molecule has 1 aromatic carbocycles. The zero-order valence-electron chi connectivity index (χ0n) is 11.9. The van der Waals surface area contributed by atoms with Gasteiger partial charge in [0.1, 0.15) is 5.82 Å². The van der Waals surface area contributed by atoms with Crippen LogP contribution in [0, 0.1) is 5.82 Å². The van der Waals surface area contributed by atoms with Crippen molar-refractivity contribution in [3.8, 4) is 0 Å². The van der Waals surface area contributed by atoms with Crippen molar-refractivity contribution in [3.05, 3.63) is 58.1 Å². The van der Waals surface area contributed by atoms with Gasteiger partial charge in [0.2, 0.25) is 0 Å². The monoisotopic (exact) mass is 338 g/mol. The molecule has 108 valence electrons. The molecule has 20 heavy (non-hydrogen) atoms. The summed E-state index contributed by atoms with van der Waals surface area (Å²) in [5.74, 6) is -0.174. The standard InChI is InChI=1S/C16H20BrFN2/c1-3-7-19-12(2)13-6-8-20(10-13)11-14-4-5-15(17)9-16(14)18/h4-6,8-10,12,19H,3,7,11H2,1-2H3. The molecule has 0 amide bonds. The quantitative estimate of drug-likeness (QED) is 0.820. The zero-order chi connectivity index (χ0) is 14.5. The fraction of sp³-hybridized carbons (Fsp3) is 0.375. The smallest absolute Gasteiger partial charge is 0.129 e. The van der Waals surface area contributed by atoms with E-state index in [9.17, 15) is 4.39 Å². The first kappa shape index (κ1) is 15.3. The van der Waals surface area contributed by atoms with Gasteiger partial charge in [-0.3, -0.25) is 0 Å². The summed E-state index contributed by atoms with van der Waals surface area (Å²) in [6, 6.07) is 7.60. The molecule has 1 unspecified atom stereocenters. The number of nitrogens with zero attached hydrogens (tertiary/aromatic N) is 1. The van der Waals surface area contributed by atoms with Crippen LogP contribution in [-0.4, -0.2) is 11.1 Å². The van der Waals surface area contributed by atoms with E-state index < -0.39 is 0 Å². The van der Waals surface area contributed by atoms with Crippen LogP contribution in [-0.2, 0) is 6.54 Å². The Hall–Kier alpha value is -1.13. The molecular formula is C16H20BrFN2. The summed E-state index contributed by atoms with van der Waals surface area (Å²) in [4.78, 5) is 0. The van der Waals surface area contributed by atoms with E-state index >= 15 is 0 Å². The number of hydrogen-bond donors (Lipinski definition) is 1. The fourth-order valence-electron chi connectivity index (χ4n) is 2.14. The highest BCUT2D eigenvalue weighted by atomic mass is 79.9. The summed E-state index contributed by atoms with van der Waals surface area (Å²) in [6.07, 6.45) is 5.20. The maximum atomic E-state index is 13.8. The second-order valence-electron chi connectivity index (χ2n) is 5.03. The predicted octanol–water partition coefficient (Wildman–Crippen LogP) is 4.50. The summed E-state index contributed by atoms with van der Waals surface area (Å²) >= 11 is 3.27. The van der Waals surface area contributed by atoms with Crippen molar-refractivity contribution in [1.29, 1.82) is 0 Å². The summed E-state index contributed by atoms with van der Waals surface area (Å²) in [5.41, 5.74) is 1.93. The Morgan fingerprint density at radius 1 is 1.35 bits per heavy atom. The Balaban J connectivity index is 2.05. The Morgan fingerprint density at radius 3 is 2.85 bits per heavy atom. The summed E-state index contributed by atoms with van der Waals surface area (Å²) in [6.45, 7) is 5.87. The average molecular weight is 339 g/mol. The minimum Gasteiger partial charge on any atom is -0.349 e. The normalized spacial score (nSPS) is 12.6. The third-order valence-corrected chi connectivity index (χ3v) is 3.84. The van der Waals surface area contributed by atoms with E-state index in [2.05, 4.69) is 47.4 Å². The lowest BCUT2D eigenvalue weighted by Crippen LogP contribution is -2.18. The van der Waals surface area contributed by atoms with Gasteiger partial charge in [-0.2, -0.15) is 0 Å². The molecule has 0 radical (unpaired) electrons. The Bertz CT molecular complexity index is 565. The molecule has 2 rings (SSSR count). The molecule has 1 heterocycles. The largest absolute Gasteiger partial charge is 0.349 e. The number of benzene rings is 1. The van der Waals surface area contributed by atoms with Crippen LogP contribution in [0.3, 0.4) is 0 Å². The summed E-state index contributed by atoms with van der Waals surface area (Å²) < 4.78 is 16.6. The van der Waals surface area contributed by atoms with Gasteiger partial charge in [-0.15, -0.1) is 0 Å². The average Bonchev–Trinajstić information content (AvgIpc) is 2.88. The molecule has 0 aliphatic carbocycles. The Morgan fingerprint density at radius 2 is 2.15 bits per heavy atom. The van der Waals surface area contributed by atoms with E-state index in [0.717, 1.165) is 17.4 Å². The van der Waals surface area contributed by atoms with Gasteiger partial charge in [-0.05, 0) is 43.7 Å². The van der Waals surface area contributed by atoms with Crippen molar-refractivity contribution in [2.45, 2.75) is 32.9 Å². The Kier molecular flexibility index (Phi) is 5.38. The van der Waals surface area contributed by atoms with Gasteiger partial charge in [0.05, 0.1) is 0 Å². The van der Waals surface area contributed by atoms with E-state index in [-0.39, 0.29) is 5.82 Å². The molecule has 0 saturated carbocycles. The highest BCUT2D eigenvalue weighted by molar-refractivity contribution is 9.10. The zero-order valence-corrected chi connectivity index (χ0v) is 13.5. The van der Waals surface area contributed by atoms with E-state index in [1.54, 1.807) is 0 Å². The van der Waals surface area contributed by atoms with E-state index in [1.807, 2.05) is 22.9 Å². The molecular weight excluding hydrogens is 319 g/mol. The van der Waals surface area contributed by atoms with E-state index in [4.69, 9.17) is 0 Å². The van der Waals surface area contributed by atoms with Crippen molar-refractivity contribution < 1.29 is 4.39 Å². The van der Waals surface area contributed by atoms with Crippen LogP contribution in [0.2, 0.25) is 0 Å². The lowest BCUT2D eigenvalue weighted by atomic mass is 10.2. The molecule has 1 aromatic heterocycles. The molecule has 4 heteroatoms. The van der Waals surface area contributed by atoms with Gasteiger partial charge in [-0.1, -0.05) is 28.9 Å². The first-order chi connectivity index (χ1) is 9.60. The minimum absolute atomic E-state index is 0.174. The lowest BCUT2D eigenvalue weighted by molar-refractivity contribution is 0.568. The third kappa shape index (κ3) is 3.93. The third-order valence-electron chi connectivity index (χ3n) is 3.34. The lowest BCUT2D eigenvalue weighted by Gasteiger charge is -2.11. The second kappa shape index (κ2) is 7.04. The highest BCUT2D eigenvalue weighted by Crippen LogP contribution is 2.18. The van der Waals surface area contributed by atoms with Crippen LogP contribution in [0.4, 0.5) is 4.39 Å². The van der Waals surface area contributed by atoms with Crippen molar-refractivity contribution in [1.82, 2.24) is 9.88 Å². The van der Waals surface area contributed by atoms with Gasteiger partial charge in [0.25, 0.3) is 0 Å². The second-order valence-corrected chi connectivity index (χ2v) is 5.94. The molecule has 1 atom stereocenters. The fourth-order valence-corrected chi connectivity index (χ4v) is 2.47. The number of hydrogen-bond acceptors (Lipinski definition) is 1. The van der Waals surface area contributed by atoms with Crippen molar-refractivity contribution in [2.75, 3.05) is 6.54 Å². The first-order valence-corrected chi connectivity index (χ1v) is 7.72. The Labute approximate surface area is 128 Å². The molecule has 2 nitrogen and oxygen atoms in total. The highest BCUT2D eigenvalue weighted by Gasteiger charge is 2.08. The van der Waals surface area contributed by atoms with Crippen LogP contribution < -0.4 is 5.32 Å². The number of nitrogens with one attached hydrogen (secondary N) is 1. The van der Waals surface area contributed by atoms with Gasteiger partial charge >= 0.3 is 0 Å². The van der Waals surface area contributed by atoms with Crippen LogP contribution in [0.1, 0.15) is 37.4 Å². The van der Waals surface area contributed by atoms with Crippen molar-refractivity contribution in [2.24, 2.45) is 0 Å². The number of halogens is 2. The van der Waals surface area contributed by atoms with Crippen LogP contribution >= 0.6 is 15.9 Å². The molecule has 0 bridgehead atoms. The van der Waals surface area contributed by atoms with Crippen LogP contribution in [0.25, 0.3) is 0 Å². The van der Waals surface area contributed by atoms with E-state index in [1.165, 1.54) is 11.6 Å². The molecule has 2 aromatic rings. The summed E-state index contributed by atoms with van der Waals surface area (Å²) in [5, 5.41) is 3.45.